The molecule has 2 aromatic heterocycles. The van der Waals surface area contributed by atoms with E-state index in [-0.39, 0.29) is 23.3 Å². The number of carbonyl (C=O) groups excluding carboxylic acids is 1. The zero-order valence-corrected chi connectivity index (χ0v) is 15.1. The van der Waals surface area contributed by atoms with E-state index in [2.05, 4.69) is 10.3 Å². The topological polar surface area (TPSA) is 92.9 Å². The minimum absolute atomic E-state index is 0.0190. The number of benzene rings is 1. The molecule has 26 heavy (non-hydrogen) atoms. The monoisotopic (exact) mass is 373 g/mol. The van der Waals surface area contributed by atoms with Gasteiger partial charge in [-0.1, -0.05) is 11.3 Å². The van der Waals surface area contributed by atoms with E-state index in [4.69, 9.17) is 4.74 Å². The van der Waals surface area contributed by atoms with Crippen molar-refractivity contribution in [3.8, 4) is 5.75 Å². The second-order valence-corrected chi connectivity index (χ2v) is 7.52. The number of ether oxygens (including phenoxy) is 1. The number of aliphatic hydroxyl groups is 1. The molecule has 0 saturated heterocycles. The number of fused-ring (bicyclic) bond motifs is 3. The summed E-state index contributed by atoms with van der Waals surface area (Å²) in [6.45, 7) is 0. The molecule has 1 aliphatic rings. The Bertz CT molecular complexity index is 1030. The molecular weight excluding hydrogens is 354 g/mol. The van der Waals surface area contributed by atoms with Gasteiger partial charge in [-0.05, 0) is 43.9 Å². The van der Waals surface area contributed by atoms with E-state index >= 15 is 0 Å². The van der Waals surface area contributed by atoms with Crippen molar-refractivity contribution in [3.05, 3.63) is 40.3 Å². The molecule has 0 atom stereocenters. The molecule has 1 saturated carbocycles. The highest BCUT2D eigenvalue weighted by atomic mass is 32.1. The fourth-order valence-corrected chi connectivity index (χ4v) is 4.36. The second-order valence-electron chi connectivity index (χ2n) is 6.51. The number of amides is 1. The van der Waals surface area contributed by atoms with Crippen LogP contribution < -0.4 is 15.6 Å². The molecule has 4 rings (SSSR count). The lowest BCUT2D eigenvalue weighted by atomic mass is 9.93. The van der Waals surface area contributed by atoms with Gasteiger partial charge in [0.15, 0.2) is 4.96 Å². The van der Waals surface area contributed by atoms with Crippen molar-refractivity contribution in [1.29, 1.82) is 0 Å². The lowest BCUT2D eigenvalue weighted by Gasteiger charge is -2.26. The van der Waals surface area contributed by atoms with Crippen molar-refractivity contribution >= 4 is 32.4 Å². The fraction of sp³-hybridized carbons (Fsp3) is 0.389. The maximum absolute atomic E-state index is 12.9. The largest absolute Gasteiger partial charge is 0.497 e. The van der Waals surface area contributed by atoms with Gasteiger partial charge in [0, 0.05) is 12.2 Å². The average molecular weight is 373 g/mol. The number of thiazole rings is 1. The molecule has 8 heteroatoms. The second kappa shape index (κ2) is 6.69. The van der Waals surface area contributed by atoms with Crippen LogP contribution in [0, 0.1) is 0 Å². The first-order chi connectivity index (χ1) is 12.6. The molecule has 1 amide bonds. The molecule has 136 valence electrons. The van der Waals surface area contributed by atoms with E-state index in [1.165, 1.54) is 21.9 Å². The van der Waals surface area contributed by atoms with Crippen LogP contribution in [0.4, 0.5) is 0 Å². The Morgan fingerprint density at radius 1 is 1.35 bits per heavy atom. The molecule has 2 N–H and O–H groups in total. The number of hydrogen-bond acceptors (Lipinski definition) is 6. The summed E-state index contributed by atoms with van der Waals surface area (Å²) in [5, 5.41) is 12.5. The van der Waals surface area contributed by atoms with E-state index in [0.717, 1.165) is 4.70 Å². The van der Waals surface area contributed by atoms with Crippen molar-refractivity contribution in [2.75, 3.05) is 7.11 Å². The first-order valence-electron chi connectivity index (χ1n) is 8.54. The van der Waals surface area contributed by atoms with Gasteiger partial charge in [0.05, 0.1) is 23.4 Å². The fourth-order valence-electron chi connectivity index (χ4n) is 3.35. The minimum Gasteiger partial charge on any atom is -0.497 e. The molecular formula is C18H19N3O4S. The predicted molar refractivity (Wildman–Crippen MR) is 99.1 cm³/mol. The normalized spacial score (nSPS) is 20.4. The number of aliphatic hydroxyl groups excluding tert-OH is 1. The van der Waals surface area contributed by atoms with E-state index in [9.17, 15) is 14.7 Å². The molecule has 1 fully saturated rings. The van der Waals surface area contributed by atoms with Gasteiger partial charge in [-0.2, -0.15) is 0 Å². The Kier molecular flexibility index (Phi) is 4.37. The zero-order valence-electron chi connectivity index (χ0n) is 14.3. The van der Waals surface area contributed by atoms with E-state index in [1.807, 2.05) is 6.07 Å². The SMILES string of the molecule is COc1ccc2c(c1)sc1ncc(C(=O)NC3CCC(O)CC3)c(=O)n12. The molecule has 0 spiro atoms. The highest BCUT2D eigenvalue weighted by Crippen LogP contribution is 2.27. The van der Waals surface area contributed by atoms with Crippen LogP contribution in [-0.2, 0) is 0 Å². The molecule has 3 aromatic rings. The van der Waals surface area contributed by atoms with Crippen LogP contribution in [0.2, 0.25) is 0 Å². The minimum atomic E-state index is -0.411. The Morgan fingerprint density at radius 3 is 2.85 bits per heavy atom. The smallest absolute Gasteiger partial charge is 0.271 e. The van der Waals surface area contributed by atoms with E-state index in [0.29, 0.717) is 41.9 Å². The summed E-state index contributed by atoms with van der Waals surface area (Å²) >= 11 is 1.37. The van der Waals surface area contributed by atoms with Crippen molar-refractivity contribution in [2.45, 2.75) is 37.8 Å². The van der Waals surface area contributed by atoms with E-state index < -0.39 is 5.91 Å². The number of nitrogens with zero attached hydrogens (tertiary/aromatic N) is 2. The number of nitrogens with one attached hydrogen (secondary N) is 1. The Balaban J connectivity index is 1.69. The predicted octanol–water partition coefficient (Wildman–Crippen LogP) is 1.95. The van der Waals surface area contributed by atoms with Crippen molar-refractivity contribution < 1.29 is 14.6 Å². The quantitative estimate of drug-likeness (QED) is 0.732. The molecule has 2 heterocycles. The summed E-state index contributed by atoms with van der Waals surface area (Å²) in [4.78, 5) is 30.3. The van der Waals surface area contributed by atoms with Crippen LogP contribution in [0.15, 0.2) is 29.2 Å². The summed E-state index contributed by atoms with van der Waals surface area (Å²) in [6, 6.07) is 5.40. The van der Waals surface area contributed by atoms with Crippen molar-refractivity contribution in [2.24, 2.45) is 0 Å². The van der Waals surface area contributed by atoms with Crippen LogP contribution in [-0.4, -0.2) is 39.7 Å². The van der Waals surface area contributed by atoms with Crippen LogP contribution in [0.1, 0.15) is 36.0 Å². The van der Waals surface area contributed by atoms with E-state index in [1.54, 1.807) is 19.2 Å². The Labute approximate surface area is 153 Å². The third kappa shape index (κ3) is 2.95. The third-order valence-corrected chi connectivity index (χ3v) is 5.83. The van der Waals surface area contributed by atoms with Crippen LogP contribution in [0.3, 0.4) is 0 Å². The summed E-state index contributed by atoms with van der Waals surface area (Å²) in [6.07, 6.45) is 3.81. The standard InChI is InChI=1S/C18H19N3O4S/c1-25-12-6-7-14-15(8-12)26-18-19-9-13(17(24)21(14)18)16(23)20-10-2-4-11(22)5-3-10/h6-11,22H,2-5H2,1H3,(H,20,23). The average Bonchev–Trinajstić information content (AvgIpc) is 3.02. The van der Waals surface area contributed by atoms with Gasteiger partial charge in [0.1, 0.15) is 11.3 Å². The lowest BCUT2D eigenvalue weighted by molar-refractivity contribution is 0.0866. The molecule has 0 bridgehead atoms. The molecule has 1 aliphatic carbocycles. The lowest BCUT2D eigenvalue weighted by Crippen LogP contribution is -2.41. The highest BCUT2D eigenvalue weighted by Gasteiger charge is 2.23. The number of methoxy groups -OCH3 is 1. The summed E-state index contributed by atoms with van der Waals surface area (Å²) in [5.74, 6) is 0.292. The zero-order chi connectivity index (χ0) is 18.3. The summed E-state index contributed by atoms with van der Waals surface area (Å²) < 4.78 is 7.56. The maximum Gasteiger partial charge on any atom is 0.271 e. The molecule has 0 radical (unpaired) electrons. The Morgan fingerprint density at radius 2 is 2.12 bits per heavy atom. The van der Waals surface area contributed by atoms with Crippen molar-refractivity contribution in [1.82, 2.24) is 14.7 Å². The number of carbonyl (C=O) groups is 1. The summed E-state index contributed by atoms with van der Waals surface area (Å²) in [5.41, 5.74) is 0.364. The van der Waals surface area contributed by atoms with Gasteiger partial charge in [-0.3, -0.25) is 14.0 Å². The molecule has 0 aliphatic heterocycles. The van der Waals surface area contributed by atoms with Gasteiger partial charge < -0.3 is 15.2 Å². The molecule has 1 aromatic carbocycles. The van der Waals surface area contributed by atoms with Gasteiger partial charge >= 0.3 is 0 Å². The van der Waals surface area contributed by atoms with Gasteiger partial charge in [0.2, 0.25) is 0 Å². The first kappa shape index (κ1) is 17.0. The number of rotatable bonds is 3. The number of aromatic nitrogens is 2. The Hall–Kier alpha value is -2.45. The summed E-state index contributed by atoms with van der Waals surface area (Å²) in [7, 11) is 1.59. The molecule has 0 unspecified atom stereocenters. The molecule has 7 nitrogen and oxygen atoms in total. The van der Waals surface area contributed by atoms with Gasteiger partial charge in [0.25, 0.3) is 11.5 Å². The maximum atomic E-state index is 12.9. The van der Waals surface area contributed by atoms with Gasteiger partial charge in [-0.25, -0.2) is 4.98 Å². The van der Waals surface area contributed by atoms with Crippen LogP contribution in [0.25, 0.3) is 15.2 Å². The number of hydrogen-bond donors (Lipinski definition) is 2. The highest BCUT2D eigenvalue weighted by molar-refractivity contribution is 7.23. The van der Waals surface area contributed by atoms with Crippen molar-refractivity contribution in [3.63, 3.8) is 0 Å². The van der Waals surface area contributed by atoms with Crippen LogP contribution in [0.5, 0.6) is 5.75 Å². The first-order valence-corrected chi connectivity index (χ1v) is 9.35. The third-order valence-electron chi connectivity index (χ3n) is 4.81. The van der Waals surface area contributed by atoms with Gasteiger partial charge in [-0.15, -0.1) is 0 Å². The van der Waals surface area contributed by atoms with Crippen LogP contribution >= 0.6 is 11.3 Å².